The second kappa shape index (κ2) is 6.60. The van der Waals surface area contributed by atoms with Crippen LogP contribution in [0, 0.1) is 0 Å². The van der Waals surface area contributed by atoms with Gasteiger partial charge in [0.25, 0.3) is 5.66 Å². The highest BCUT2D eigenvalue weighted by atomic mass is 31.0. The van der Waals surface area contributed by atoms with Crippen LogP contribution in [0.2, 0.25) is 0 Å². The van der Waals surface area contributed by atoms with Crippen molar-refractivity contribution in [3.63, 3.8) is 0 Å². The summed E-state index contributed by atoms with van der Waals surface area (Å²) in [7, 11) is 1.47. The summed E-state index contributed by atoms with van der Waals surface area (Å²) >= 11 is 0. The van der Waals surface area contributed by atoms with Crippen molar-refractivity contribution in [2.24, 2.45) is 0 Å². The van der Waals surface area contributed by atoms with E-state index in [4.69, 9.17) is 0 Å². The molecule has 0 bridgehead atoms. The largest absolute Gasteiger partial charge is 0.339 e. The molecule has 1 atom stereocenters. The van der Waals surface area contributed by atoms with E-state index >= 15 is 0 Å². The first kappa shape index (κ1) is 16.0. The first-order chi connectivity index (χ1) is 9.91. The Morgan fingerprint density at radius 2 is 1.86 bits per heavy atom. The number of aromatic nitrogens is 2. The Kier molecular flexibility index (Phi) is 5.04. The maximum atomic E-state index is 13.1. The Hall–Kier alpha value is -1.36. The Morgan fingerprint density at radius 1 is 1.29 bits per heavy atom. The number of piperazine rings is 1. The molecule has 5 nitrogen and oxygen atoms in total. The number of carbonyl (C=O) groups is 1. The first-order valence-corrected chi connectivity index (χ1v) is 7.51. The van der Waals surface area contributed by atoms with E-state index in [2.05, 4.69) is 9.97 Å². The summed E-state index contributed by atoms with van der Waals surface area (Å²) in [6, 6.07) is 0. The number of nitrogens with zero attached hydrogens (tertiary/aromatic N) is 4. The minimum atomic E-state index is -3.01. The fraction of sp³-hybridized carbons (Fsp3) is 0.615. The summed E-state index contributed by atoms with van der Waals surface area (Å²) in [4.78, 5) is 23.5. The summed E-state index contributed by atoms with van der Waals surface area (Å²) in [5.41, 5.74) is -3.24. The highest BCUT2D eigenvalue weighted by Gasteiger charge is 2.26. The van der Waals surface area contributed by atoms with E-state index in [-0.39, 0.29) is 11.5 Å². The number of rotatable bonds is 4. The van der Waals surface area contributed by atoms with E-state index in [0.29, 0.717) is 38.5 Å². The molecule has 1 aliphatic rings. The Bertz CT molecular complexity index is 484. The van der Waals surface area contributed by atoms with Gasteiger partial charge in [-0.25, -0.2) is 9.97 Å². The molecular weight excluding hydrogens is 297 g/mol. The molecule has 0 aliphatic carbocycles. The molecule has 1 fully saturated rings. The van der Waals surface area contributed by atoms with Crippen LogP contribution in [0.5, 0.6) is 0 Å². The molecule has 0 radical (unpaired) electrons. The van der Waals surface area contributed by atoms with Crippen LogP contribution in [0.15, 0.2) is 12.4 Å². The van der Waals surface area contributed by atoms with Crippen molar-refractivity contribution in [3.8, 4) is 0 Å². The van der Waals surface area contributed by atoms with Crippen LogP contribution in [0.25, 0.3) is 0 Å². The van der Waals surface area contributed by atoms with Gasteiger partial charge in [-0.15, -0.1) is 0 Å². The molecule has 116 valence electrons. The van der Waals surface area contributed by atoms with E-state index in [1.54, 1.807) is 0 Å². The molecule has 0 N–H and O–H groups in total. The molecule has 1 aromatic rings. The quantitative estimate of drug-likeness (QED) is 0.796. The topological polar surface area (TPSA) is 49.3 Å². The number of hydrogen-bond acceptors (Lipinski definition) is 4. The van der Waals surface area contributed by atoms with Crippen molar-refractivity contribution in [1.82, 2.24) is 14.9 Å². The normalized spacial score (nSPS) is 16.2. The van der Waals surface area contributed by atoms with Gasteiger partial charge in [-0.1, -0.05) is 16.2 Å². The molecule has 1 aromatic heterocycles. The molecule has 0 aromatic carbocycles. The van der Waals surface area contributed by atoms with E-state index < -0.39 is 5.66 Å². The molecule has 1 saturated heterocycles. The molecule has 1 unspecified atom stereocenters. The van der Waals surface area contributed by atoms with Crippen molar-refractivity contribution < 1.29 is 13.6 Å². The fourth-order valence-electron chi connectivity index (χ4n) is 2.18. The molecule has 2 rings (SSSR count). The van der Waals surface area contributed by atoms with E-state index in [9.17, 15) is 13.6 Å². The maximum Gasteiger partial charge on any atom is 0.286 e. The fourth-order valence-corrected chi connectivity index (χ4v) is 2.33. The third kappa shape index (κ3) is 4.06. The zero-order chi connectivity index (χ0) is 15.5. The second-order valence-electron chi connectivity index (χ2n) is 5.01. The summed E-state index contributed by atoms with van der Waals surface area (Å²) < 4.78 is 26.1. The zero-order valence-electron chi connectivity index (χ0n) is 11.9. The lowest BCUT2D eigenvalue weighted by atomic mass is 10.2. The average molecular weight is 316 g/mol. The second-order valence-corrected chi connectivity index (χ2v) is 5.74. The van der Waals surface area contributed by atoms with Crippen LogP contribution in [0.1, 0.15) is 25.3 Å². The van der Waals surface area contributed by atoms with Crippen molar-refractivity contribution in [2.45, 2.75) is 25.4 Å². The number of alkyl halides is 2. The van der Waals surface area contributed by atoms with Gasteiger partial charge in [0.15, 0.2) is 0 Å². The standard InChI is InChI=1S/C13H19F2N4OP/c1-2-3-11(20)18-4-6-19(7-5-18)12-16-8-10(9-17-12)13(14,15)21/h8-9H,2-7,21H2,1H3. The highest BCUT2D eigenvalue weighted by molar-refractivity contribution is 7.17. The average Bonchev–Trinajstić information content (AvgIpc) is 2.47. The number of halogens is 2. The summed E-state index contributed by atoms with van der Waals surface area (Å²) in [6.07, 6.45) is 3.69. The monoisotopic (exact) mass is 316 g/mol. The summed E-state index contributed by atoms with van der Waals surface area (Å²) in [5, 5.41) is 0. The van der Waals surface area contributed by atoms with Gasteiger partial charge in [-0.05, 0) is 6.42 Å². The van der Waals surface area contributed by atoms with Crippen LogP contribution < -0.4 is 4.90 Å². The minimum absolute atomic E-state index is 0.163. The molecule has 2 heterocycles. The van der Waals surface area contributed by atoms with Crippen LogP contribution in [-0.2, 0) is 10.5 Å². The van der Waals surface area contributed by atoms with Crippen LogP contribution in [-0.4, -0.2) is 47.0 Å². The maximum absolute atomic E-state index is 13.1. The van der Waals surface area contributed by atoms with Crippen LogP contribution in [0.4, 0.5) is 14.7 Å². The van der Waals surface area contributed by atoms with Gasteiger partial charge < -0.3 is 9.80 Å². The first-order valence-electron chi connectivity index (χ1n) is 6.93. The van der Waals surface area contributed by atoms with Gasteiger partial charge >= 0.3 is 0 Å². The van der Waals surface area contributed by atoms with Gasteiger partial charge in [0, 0.05) is 45.0 Å². The van der Waals surface area contributed by atoms with Gasteiger partial charge in [-0.3, -0.25) is 4.79 Å². The molecule has 1 amide bonds. The molecular formula is C13H19F2N4OP. The lowest BCUT2D eigenvalue weighted by molar-refractivity contribution is -0.131. The summed E-state index contributed by atoms with van der Waals surface area (Å²) in [5.74, 6) is 0.589. The summed E-state index contributed by atoms with van der Waals surface area (Å²) in [6.45, 7) is 4.44. The van der Waals surface area contributed by atoms with Crippen molar-refractivity contribution in [2.75, 3.05) is 31.1 Å². The molecule has 0 saturated carbocycles. The Labute approximate surface area is 124 Å². The predicted octanol–water partition coefficient (Wildman–Crippen LogP) is 1.85. The number of hydrogen-bond donors (Lipinski definition) is 0. The van der Waals surface area contributed by atoms with Crippen molar-refractivity contribution in [3.05, 3.63) is 18.0 Å². The number of anilines is 1. The predicted molar refractivity (Wildman–Crippen MR) is 79.3 cm³/mol. The molecule has 8 heteroatoms. The number of carbonyl (C=O) groups excluding carboxylic acids is 1. The molecule has 0 spiro atoms. The van der Waals surface area contributed by atoms with Gasteiger partial charge in [-0.2, -0.15) is 8.78 Å². The Morgan fingerprint density at radius 3 is 2.33 bits per heavy atom. The van der Waals surface area contributed by atoms with E-state index in [0.717, 1.165) is 18.8 Å². The third-order valence-corrected chi connectivity index (χ3v) is 3.74. The van der Waals surface area contributed by atoms with Crippen molar-refractivity contribution >= 4 is 21.1 Å². The van der Waals surface area contributed by atoms with Crippen LogP contribution >= 0.6 is 9.24 Å². The van der Waals surface area contributed by atoms with E-state index in [1.807, 2.05) is 16.7 Å². The zero-order valence-corrected chi connectivity index (χ0v) is 13.1. The van der Waals surface area contributed by atoms with Gasteiger partial charge in [0.2, 0.25) is 11.9 Å². The number of amides is 1. The van der Waals surface area contributed by atoms with Crippen LogP contribution in [0.3, 0.4) is 0 Å². The minimum Gasteiger partial charge on any atom is -0.339 e. The van der Waals surface area contributed by atoms with Gasteiger partial charge in [0.1, 0.15) is 0 Å². The molecule has 1 aliphatic heterocycles. The van der Waals surface area contributed by atoms with Gasteiger partial charge in [0.05, 0.1) is 5.56 Å². The lowest BCUT2D eigenvalue weighted by Gasteiger charge is -2.34. The highest BCUT2D eigenvalue weighted by Crippen LogP contribution is 2.34. The van der Waals surface area contributed by atoms with E-state index in [1.165, 1.54) is 9.24 Å². The van der Waals surface area contributed by atoms with Crippen molar-refractivity contribution in [1.29, 1.82) is 0 Å². The smallest absolute Gasteiger partial charge is 0.286 e. The SMILES string of the molecule is CCCC(=O)N1CCN(c2ncc(C(F)(F)P)cn2)CC1. The third-order valence-electron chi connectivity index (χ3n) is 3.40. The Balaban J connectivity index is 1.95. The molecule has 21 heavy (non-hydrogen) atoms. The lowest BCUT2D eigenvalue weighted by Crippen LogP contribution is -2.49.